The number of nitrogens with two attached hydrogens (primary N) is 1. The van der Waals surface area contributed by atoms with Crippen molar-refractivity contribution < 1.29 is 4.74 Å². The van der Waals surface area contributed by atoms with E-state index in [9.17, 15) is 0 Å². The summed E-state index contributed by atoms with van der Waals surface area (Å²) in [5, 5.41) is 0. The van der Waals surface area contributed by atoms with Gasteiger partial charge < -0.3 is 15.0 Å². The number of nitrogens with zero attached hydrogens (tertiary/aromatic N) is 5. The van der Waals surface area contributed by atoms with Crippen molar-refractivity contribution in [2.45, 2.75) is 44.9 Å². The van der Waals surface area contributed by atoms with Crippen LogP contribution in [0.15, 0.2) is 18.7 Å². The van der Waals surface area contributed by atoms with E-state index in [1.54, 1.807) is 0 Å². The van der Waals surface area contributed by atoms with Crippen LogP contribution in [0.2, 0.25) is 0 Å². The Bertz CT molecular complexity index is 720. The van der Waals surface area contributed by atoms with E-state index in [0.29, 0.717) is 5.95 Å². The molecule has 4 heterocycles. The van der Waals surface area contributed by atoms with Crippen molar-refractivity contribution >= 4 is 5.95 Å². The van der Waals surface area contributed by atoms with Crippen LogP contribution in [0.4, 0.5) is 5.95 Å². The van der Waals surface area contributed by atoms with E-state index in [4.69, 9.17) is 10.5 Å². The average Bonchev–Trinajstić information content (AvgIpc) is 3.06. The zero-order chi connectivity index (χ0) is 16.6. The summed E-state index contributed by atoms with van der Waals surface area (Å²) in [5.41, 5.74) is 8.86. The number of ether oxygens (including phenoxy) is 1. The minimum absolute atomic E-state index is 0.288. The lowest BCUT2D eigenvalue weighted by Crippen LogP contribution is -2.47. The lowest BCUT2D eigenvalue weighted by molar-refractivity contribution is -0.102. The molecule has 1 saturated heterocycles. The van der Waals surface area contributed by atoms with Crippen molar-refractivity contribution in [1.82, 2.24) is 24.4 Å². The Kier molecular flexibility index (Phi) is 3.97. The molecule has 24 heavy (non-hydrogen) atoms. The molecule has 7 nitrogen and oxygen atoms in total. The maximum atomic E-state index is 6.22. The fraction of sp³-hybridized carbons (Fsp3) is 0.588. The van der Waals surface area contributed by atoms with Gasteiger partial charge in [0.25, 0.3) is 0 Å². The summed E-state index contributed by atoms with van der Waals surface area (Å²) < 4.78 is 8.33. The average molecular weight is 328 g/mol. The first kappa shape index (κ1) is 15.5. The Morgan fingerprint density at radius 3 is 2.88 bits per heavy atom. The van der Waals surface area contributed by atoms with E-state index in [1.165, 1.54) is 5.56 Å². The molecule has 0 radical (unpaired) electrons. The molecule has 2 aliphatic rings. The van der Waals surface area contributed by atoms with Gasteiger partial charge in [-0.2, -0.15) is 0 Å². The van der Waals surface area contributed by atoms with Gasteiger partial charge >= 0.3 is 0 Å². The molecule has 0 bridgehead atoms. The topological polar surface area (TPSA) is 82.1 Å². The molecule has 0 aliphatic carbocycles. The van der Waals surface area contributed by atoms with Crippen molar-refractivity contribution in [3.05, 3.63) is 35.7 Å². The molecule has 128 valence electrons. The van der Waals surface area contributed by atoms with Crippen LogP contribution in [0.3, 0.4) is 0 Å². The number of fused-ring (bicyclic) bond motifs is 2. The number of nitrogen functional groups attached to an aromatic ring is 1. The molecule has 0 amide bonds. The van der Waals surface area contributed by atoms with Crippen LogP contribution in [-0.4, -0.2) is 44.1 Å². The van der Waals surface area contributed by atoms with Crippen LogP contribution in [0.25, 0.3) is 0 Å². The Hall–Kier alpha value is -1.99. The van der Waals surface area contributed by atoms with Crippen molar-refractivity contribution in [1.29, 1.82) is 0 Å². The maximum Gasteiger partial charge on any atom is 0.220 e. The largest absolute Gasteiger partial charge is 0.368 e. The van der Waals surface area contributed by atoms with Gasteiger partial charge in [-0.05, 0) is 31.7 Å². The zero-order valence-corrected chi connectivity index (χ0v) is 14.1. The molecule has 2 aliphatic heterocycles. The molecule has 7 heteroatoms. The van der Waals surface area contributed by atoms with E-state index in [-0.39, 0.29) is 5.60 Å². The number of rotatable bonds is 3. The van der Waals surface area contributed by atoms with E-state index in [2.05, 4.69) is 37.5 Å². The number of hydrogen-bond acceptors (Lipinski definition) is 6. The first-order chi connectivity index (χ1) is 11.7. The Balaban J connectivity index is 1.47. The summed E-state index contributed by atoms with van der Waals surface area (Å²) >= 11 is 0. The molecular formula is C17H24N6O. The number of anilines is 1. The maximum absolute atomic E-state index is 6.22. The highest BCUT2D eigenvalue weighted by Gasteiger charge is 2.42. The van der Waals surface area contributed by atoms with Crippen LogP contribution in [-0.2, 0) is 29.8 Å². The summed E-state index contributed by atoms with van der Waals surface area (Å²) in [4.78, 5) is 15.6. The standard InChI is InChI=1S/C17H24N6O/c1-2-22-10-14(20-12-22)11-23-6-4-17(5-7-23)15-13(3-8-24-17)9-19-16(18)21-15/h9-10,12H,2-8,11H2,1H3,(H2,18,19,21). The number of aryl methyl sites for hydroxylation is 1. The Labute approximate surface area is 141 Å². The highest BCUT2D eigenvalue weighted by atomic mass is 16.5. The minimum Gasteiger partial charge on any atom is -0.368 e. The first-order valence-electron chi connectivity index (χ1n) is 8.67. The number of imidazole rings is 1. The minimum atomic E-state index is -0.288. The van der Waals surface area contributed by atoms with Crippen LogP contribution in [0.5, 0.6) is 0 Å². The van der Waals surface area contributed by atoms with Crippen LogP contribution >= 0.6 is 0 Å². The predicted molar refractivity (Wildman–Crippen MR) is 90.2 cm³/mol. The van der Waals surface area contributed by atoms with Crippen LogP contribution in [0.1, 0.15) is 36.7 Å². The normalized spacial score (nSPS) is 20.2. The lowest BCUT2D eigenvalue weighted by Gasteiger charge is -2.43. The van der Waals surface area contributed by atoms with E-state index < -0.39 is 0 Å². The third kappa shape index (κ3) is 2.78. The second-order valence-corrected chi connectivity index (χ2v) is 6.67. The van der Waals surface area contributed by atoms with Crippen LogP contribution in [0, 0.1) is 0 Å². The quantitative estimate of drug-likeness (QED) is 0.915. The highest BCUT2D eigenvalue weighted by molar-refractivity contribution is 5.32. The number of hydrogen-bond donors (Lipinski definition) is 1. The summed E-state index contributed by atoms with van der Waals surface area (Å²) in [6, 6.07) is 0. The molecular weight excluding hydrogens is 304 g/mol. The van der Waals surface area contributed by atoms with Crippen molar-refractivity contribution in [3.63, 3.8) is 0 Å². The van der Waals surface area contributed by atoms with E-state index in [0.717, 1.165) is 63.4 Å². The predicted octanol–water partition coefficient (Wildman–Crippen LogP) is 1.34. The van der Waals surface area contributed by atoms with Gasteiger partial charge in [0.05, 0.1) is 24.3 Å². The van der Waals surface area contributed by atoms with E-state index >= 15 is 0 Å². The fourth-order valence-corrected chi connectivity index (χ4v) is 3.77. The molecule has 4 rings (SSSR count). The highest BCUT2D eigenvalue weighted by Crippen LogP contribution is 2.40. The fourth-order valence-electron chi connectivity index (χ4n) is 3.77. The molecule has 1 spiro atoms. The molecule has 2 aromatic heterocycles. The first-order valence-corrected chi connectivity index (χ1v) is 8.67. The molecule has 0 unspecified atom stereocenters. The molecule has 2 aromatic rings. The van der Waals surface area contributed by atoms with Crippen molar-refractivity contribution in [2.24, 2.45) is 0 Å². The zero-order valence-electron chi connectivity index (χ0n) is 14.1. The van der Waals surface area contributed by atoms with Gasteiger partial charge in [0, 0.05) is 38.6 Å². The second kappa shape index (κ2) is 6.14. The molecule has 0 aromatic carbocycles. The van der Waals surface area contributed by atoms with Gasteiger partial charge in [0.1, 0.15) is 5.60 Å². The van der Waals surface area contributed by atoms with Gasteiger partial charge in [-0.25, -0.2) is 15.0 Å². The second-order valence-electron chi connectivity index (χ2n) is 6.67. The summed E-state index contributed by atoms with van der Waals surface area (Å²) in [5.74, 6) is 0.339. The molecule has 1 fully saturated rings. The van der Waals surface area contributed by atoms with Gasteiger partial charge in [0.2, 0.25) is 5.95 Å². The van der Waals surface area contributed by atoms with Crippen molar-refractivity contribution in [3.8, 4) is 0 Å². The summed E-state index contributed by atoms with van der Waals surface area (Å²) in [6.45, 7) is 6.66. The molecule has 0 saturated carbocycles. The Morgan fingerprint density at radius 1 is 1.29 bits per heavy atom. The smallest absolute Gasteiger partial charge is 0.220 e. The third-order valence-corrected chi connectivity index (χ3v) is 5.17. The number of likely N-dealkylation sites (tertiary alicyclic amines) is 1. The number of aromatic nitrogens is 4. The van der Waals surface area contributed by atoms with Gasteiger partial charge in [-0.3, -0.25) is 4.90 Å². The van der Waals surface area contributed by atoms with Crippen LogP contribution < -0.4 is 5.73 Å². The third-order valence-electron chi connectivity index (χ3n) is 5.17. The SMILES string of the molecule is CCn1cnc(CN2CCC3(CC2)OCCc2cnc(N)nc23)c1. The lowest BCUT2D eigenvalue weighted by atomic mass is 9.83. The van der Waals surface area contributed by atoms with E-state index in [1.807, 2.05) is 12.5 Å². The Morgan fingerprint density at radius 2 is 2.12 bits per heavy atom. The summed E-state index contributed by atoms with van der Waals surface area (Å²) in [6.07, 6.45) is 8.64. The van der Waals surface area contributed by atoms with Crippen molar-refractivity contribution in [2.75, 3.05) is 25.4 Å². The monoisotopic (exact) mass is 328 g/mol. The molecule has 2 N–H and O–H groups in total. The van der Waals surface area contributed by atoms with Gasteiger partial charge in [-0.15, -0.1) is 0 Å². The summed E-state index contributed by atoms with van der Waals surface area (Å²) in [7, 11) is 0. The molecule has 0 atom stereocenters. The van der Waals surface area contributed by atoms with Gasteiger partial charge in [0.15, 0.2) is 0 Å². The number of piperidine rings is 1. The van der Waals surface area contributed by atoms with Gasteiger partial charge in [-0.1, -0.05) is 0 Å².